The van der Waals surface area contributed by atoms with E-state index in [-0.39, 0.29) is 0 Å². The van der Waals surface area contributed by atoms with Gasteiger partial charge in [0.25, 0.3) is 0 Å². The van der Waals surface area contributed by atoms with Crippen LogP contribution in [0.4, 0.5) is 0 Å². The molecule has 0 amide bonds. The van der Waals surface area contributed by atoms with E-state index in [2.05, 4.69) is 25.6 Å². The molecule has 0 aromatic carbocycles. The lowest BCUT2D eigenvalue weighted by atomic mass is 10.5. The van der Waals surface area contributed by atoms with E-state index >= 15 is 0 Å². The Bertz CT molecular complexity index is 685. The van der Waals surface area contributed by atoms with Crippen molar-refractivity contribution >= 4 is 16.3 Å². The number of nitrogens with zero attached hydrogens (tertiary/aromatic N) is 7. The van der Waals surface area contributed by atoms with Gasteiger partial charge in [0.1, 0.15) is 11.6 Å². The maximum absolute atomic E-state index is 5.49. The molecule has 3 aromatic heterocycles. The van der Waals surface area contributed by atoms with Crippen LogP contribution in [0.15, 0.2) is 6.20 Å². The molecule has 3 aromatic rings. The summed E-state index contributed by atoms with van der Waals surface area (Å²) in [6.07, 6.45) is 1.80. The first-order valence-electron chi connectivity index (χ1n) is 5.58. The zero-order valence-corrected chi connectivity index (χ0v) is 11.0. The van der Waals surface area contributed by atoms with Crippen LogP contribution in [0.2, 0.25) is 0 Å². The van der Waals surface area contributed by atoms with Crippen LogP contribution in [0.3, 0.4) is 0 Å². The lowest BCUT2D eigenvalue weighted by Crippen LogP contribution is -2.03. The van der Waals surface area contributed by atoms with E-state index < -0.39 is 0 Å². The van der Waals surface area contributed by atoms with Crippen LogP contribution in [-0.4, -0.2) is 41.9 Å². The van der Waals surface area contributed by atoms with Gasteiger partial charge >= 0.3 is 0 Å². The molecule has 3 rings (SSSR count). The third-order valence-electron chi connectivity index (χ3n) is 2.46. The third-order valence-corrected chi connectivity index (χ3v) is 3.35. The second-order valence-electron chi connectivity index (χ2n) is 3.85. The number of hydrogen-bond donors (Lipinski definition) is 1. The maximum atomic E-state index is 5.49. The van der Waals surface area contributed by atoms with Crippen LogP contribution in [0.25, 0.3) is 4.96 Å². The van der Waals surface area contributed by atoms with Gasteiger partial charge < -0.3 is 10.5 Å². The monoisotopic (exact) mass is 280 g/mol. The number of fused-ring (bicyclic) bond motifs is 1. The topological polar surface area (TPSA) is 109 Å². The van der Waals surface area contributed by atoms with Gasteiger partial charge in [0, 0.05) is 13.7 Å². The van der Waals surface area contributed by atoms with Crippen molar-refractivity contribution in [3.63, 3.8) is 0 Å². The Morgan fingerprint density at radius 3 is 3.00 bits per heavy atom. The van der Waals surface area contributed by atoms with E-state index in [1.54, 1.807) is 22.5 Å². The highest BCUT2D eigenvalue weighted by atomic mass is 32.1. The normalized spacial score (nSPS) is 11.5. The van der Waals surface area contributed by atoms with E-state index in [1.807, 2.05) is 0 Å². The summed E-state index contributed by atoms with van der Waals surface area (Å²) in [6.45, 7) is 1.29. The number of rotatable bonds is 5. The Hall–Kier alpha value is -1.91. The van der Waals surface area contributed by atoms with Crippen molar-refractivity contribution in [1.82, 2.24) is 34.8 Å². The van der Waals surface area contributed by atoms with E-state index in [9.17, 15) is 0 Å². The predicted molar refractivity (Wildman–Crippen MR) is 66.4 cm³/mol. The minimum absolute atomic E-state index is 0.378. The summed E-state index contributed by atoms with van der Waals surface area (Å²) >= 11 is 1.46. The quantitative estimate of drug-likeness (QED) is 0.666. The largest absolute Gasteiger partial charge is 0.377 e. The Balaban J connectivity index is 1.84. The molecule has 0 fully saturated rings. The standard InChI is InChI=1S/C9H12N8OS/c1-18-5-7-12-13-9-17(7)14-8(19-9)4-16-3-6(2-10)11-15-16/h3H,2,4-5,10H2,1H3. The van der Waals surface area contributed by atoms with E-state index in [0.29, 0.717) is 25.5 Å². The zero-order chi connectivity index (χ0) is 13.2. The van der Waals surface area contributed by atoms with Crippen molar-refractivity contribution in [2.45, 2.75) is 19.7 Å². The van der Waals surface area contributed by atoms with Crippen molar-refractivity contribution in [1.29, 1.82) is 0 Å². The Kier molecular flexibility index (Phi) is 3.19. The lowest BCUT2D eigenvalue weighted by molar-refractivity contribution is 0.176. The minimum Gasteiger partial charge on any atom is -0.377 e. The molecule has 9 nitrogen and oxygen atoms in total. The summed E-state index contributed by atoms with van der Waals surface area (Å²) in [5.74, 6) is 0.682. The number of methoxy groups -OCH3 is 1. The number of hydrogen-bond acceptors (Lipinski definition) is 8. The molecule has 10 heteroatoms. The minimum atomic E-state index is 0.378. The van der Waals surface area contributed by atoms with Crippen LogP contribution < -0.4 is 5.73 Å². The van der Waals surface area contributed by atoms with Crippen LogP contribution in [0.1, 0.15) is 16.5 Å². The molecule has 3 heterocycles. The van der Waals surface area contributed by atoms with Crippen molar-refractivity contribution in [3.8, 4) is 0 Å². The predicted octanol–water partition coefficient (Wildman–Crippen LogP) is -0.569. The van der Waals surface area contributed by atoms with Crippen molar-refractivity contribution in [3.05, 3.63) is 22.7 Å². The first kappa shape index (κ1) is 12.1. The number of nitrogens with two attached hydrogens (primary N) is 1. The smallest absolute Gasteiger partial charge is 0.234 e. The van der Waals surface area contributed by atoms with Gasteiger partial charge in [-0.1, -0.05) is 16.6 Å². The highest BCUT2D eigenvalue weighted by Crippen LogP contribution is 2.15. The van der Waals surface area contributed by atoms with Gasteiger partial charge in [-0.05, 0) is 0 Å². The highest BCUT2D eigenvalue weighted by Gasteiger charge is 2.12. The van der Waals surface area contributed by atoms with Crippen LogP contribution in [-0.2, 0) is 24.4 Å². The first-order chi connectivity index (χ1) is 9.30. The molecular weight excluding hydrogens is 268 g/mol. The van der Waals surface area contributed by atoms with Crippen LogP contribution in [0, 0.1) is 0 Å². The summed E-state index contributed by atoms with van der Waals surface area (Å²) in [5.41, 5.74) is 6.24. The van der Waals surface area contributed by atoms with E-state index in [0.717, 1.165) is 15.7 Å². The van der Waals surface area contributed by atoms with Gasteiger partial charge in [-0.2, -0.15) is 9.61 Å². The fraction of sp³-hybridized carbons (Fsp3) is 0.444. The number of ether oxygens (including phenoxy) is 1. The van der Waals surface area contributed by atoms with Crippen molar-refractivity contribution in [2.24, 2.45) is 5.73 Å². The van der Waals surface area contributed by atoms with E-state index in [4.69, 9.17) is 10.5 Å². The molecule has 0 aliphatic carbocycles. The first-order valence-corrected chi connectivity index (χ1v) is 6.40. The molecule has 0 aliphatic heterocycles. The molecule has 0 radical (unpaired) electrons. The van der Waals surface area contributed by atoms with Crippen LogP contribution in [0.5, 0.6) is 0 Å². The third kappa shape index (κ3) is 2.32. The molecule has 2 N–H and O–H groups in total. The molecule has 19 heavy (non-hydrogen) atoms. The molecule has 0 bridgehead atoms. The second-order valence-corrected chi connectivity index (χ2v) is 4.89. The molecule has 0 aliphatic rings. The maximum Gasteiger partial charge on any atom is 0.234 e. The van der Waals surface area contributed by atoms with Crippen LogP contribution >= 0.6 is 11.3 Å². The fourth-order valence-electron chi connectivity index (χ4n) is 1.63. The van der Waals surface area contributed by atoms with E-state index in [1.165, 1.54) is 11.3 Å². The Labute approximate surface area is 112 Å². The molecule has 100 valence electrons. The zero-order valence-electron chi connectivity index (χ0n) is 10.2. The molecule has 0 atom stereocenters. The summed E-state index contributed by atoms with van der Waals surface area (Å²) in [6, 6.07) is 0. The summed E-state index contributed by atoms with van der Waals surface area (Å²) in [7, 11) is 1.61. The second kappa shape index (κ2) is 4.99. The summed E-state index contributed by atoms with van der Waals surface area (Å²) in [5, 5.41) is 21.3. The van der Waals surface area contributed by atoms with Gasteiger partial charge in [0.2, 0.25) is 4.96 Å². The lowest BCUT2D eigenvalue weighted by Gasteiger charge is -1.95. The van der Waals surface area contributed by atoms with Gasteiger partial charge in [-0.25, -0.2) is 4.68 Å². The van der Waals surface area contributed by atoms with Crippen molar-refractivity contribution in [2.75, 3.05) is 7.11 Å². The molecule has 0 saturated carbocycles. The Morgan fingerprint density at radius 2 is 2.26 bits per heavy atom. The van der Waals surface area contributed by atoms with Gasteiger partial charge in [0.15, 0.2) is 5.82 Å². The Morgan fingerprint density at radius 1 is 1.37 bits per heavy atom. The SMILES string of the molecule is COCc1nnc2sc(Cn3cc(CN)nn3)nn12. The molecule has 0 saturated heterocycles. The van der Waals surface area contributed by atoms with Gasteiger partial charge in [0.05, 0.1) is 18.4 Å². The molecule has 0 spiro atoms. The summed E-state index contributed by atoms with van der Waals surface area (Å²) in [4.78, 5) is 0.737. The average Bonchev–Trinajstić information content (AvgIpc) is 3.08. The highest BCUT2D eigenvalue weighted by molar-refractivity contribution is 7.16. The number of aromatic nitrogens is 7. The average molecular weight is 280 g/mol. The summed E-state index contributed by atoms with van der Waals surface area (Å²) < 4.78 is 8.42. The fourth-order valence-corrected chi connectivity index (χ4v) is 2.47. The molecule has 0 unspecified atom stereocenters. The van der Waals surface area contributed by atoms with Crippen molar-refractivity contribution < 1.29 is 4.74 Å². The van der Waals surface area contributed by atoms with Gasteiger partial charge in [-0.3, -0.25) is 0 Å². The molecular formula is C9H12N8OS. The van der Waals surface area contributed by atoms with Gasteiger partial charge in [-0.15, -0.1) is 15.3 Å².